The zero-order valence-corrected chi connectivity index (χ0v) is 60.3. The van der Waals surface area contributed by atoms with Crippen LogP contribution in [0, 0.1) is 84.3 Å². The van der Waals surface area contributed by atoms with Crippen LogP contribution in [-0.4, -0.2) is 31.7 Å². The van der Waals surface area contributed by atoms with Gasteiger partial charge in [-0.2, -0.15) is 0 Å². The fourth-order valence-electron chi connectivity index (χ4n) is 11.0. The van der Waals surface area contributed by atoms with Crippen LogP contribution in [0.3, 0.4) is 0 Å². The molecule has 4 aromatic heterocycles. The Morgan fingerprint density at radius 1 is 0.483 bits per heavy atom. The number of pyridine rings is 2. The molecule has 0 saturated heterocycles. The van der Waals surface area contributed by atoms with Crippen molar-refractivity contribution >= 4 is 54.4 Å². The molecule has 9 rings (SSSR count). The smallest absolute Gasteiger partial charge is 0.162 e. The fourth-order valence-corrected chi connectivity index (χ4v) is 13.3. The van der Waals surface area contributed by atoms with E-state index in [9.17, 15) is 19.8 Å². The maximum Gasteiger partial charge on any atom is 0.162 e. The summed E-state index contributed by atoms with van der Waals surface area (Å²) in [6, 6.07) is 48.1. The molecule has 0 amide bonds. The molecule has 464 valence electrons. The summed E-state index contributed by atoms with van der Waals surface area (Å²) in [5.41, 5.74) is 18.0. The number of benzene rings is 5. The van der Waals surface area contributed by atoms with Crippen molar-refractivity contribution in [2.45, 2.75) is 155 Å². The van der Waals surface area contributed by atoms with Crippen LogP contribution < -0.4 is 0 Å². The number of hydrogen-bond donors (Lipinski definition) is 2. The van der Waals surface area contributed by atoms with E-state index in [0.29, 0.717) is 0 Å². The SMILES string of the molecule is CCC(CC)C(=O)C=C(O)C(CC)CC.CCC(CC)C(=O)C=C(O)C(CC)CC.Cc1[c-]c(-c2cc3sc(-c4ccc(-c5c(C)cccc5C)cc4)cc3cn2)cc(C)c1.Cc1[c-]c(-c2cc3sc(-c4ccccc4)c(C)c3cn2)cc(C)c1.[Ir].[Ir]. The average Bonchev–Trinajstić information content (AvgIpc) is 1.99. The van der Waals surface area contributed by atoms with E-state index < -0.39 is 0 Å². The Kier molecular flexibility index (Phi) is 30.3. The van der Waals surface area contributed by atoms with Gasteiger partial charge in [0.05, 0.1) is 11.5 Å². The number of nitrogens with zero attached hydrogens (tertiary/aromatic N) is 2. The minimum atomic E-state index is 0. The number of ketones is 2. The number of thiophene rings is 2. The summed E-state index contributed by atoms with van der Waals surface area (Å²) in [6.07, 6.45) is 13.8. The predicted octanol–water partition coefficient (Wildman–Crippen LogP) is 22.4. The second-order valence-corrected chi connectivity index (χ2v) is 24.7. The fraction of sp³-hybridized carbons (Fsp3) is 0.351. The van der Waals surface area contributed by atoms with Crippen molar-refractivity contribution in [2.75, 3.05) is 0 Å². The van der Waals surface area contributed by atoms with Gasteiger partial charge in [-0.25, -0.2) is 0 Å². The number of carbonyl (C=O) groups excluding carboxylic acids is 2. The van der Waals surface area contributed by atoms with Crippen LogP contribution in [0.2, 0.25) is 0 Å². The Morgan fingerprint density at radius 2 is 0.920 bits per heavy atom. The van der Waals surface area contributed by atoms with E-state index in [2.05, 4.69) is 176 Å². The Labute approximate surface area is 555 Å². The minimum absolute atomic E-state index is 0. The first kappa shape index (κ1) is 73.5. The average molecular weight is 1560 g/mol. The second-order valence-electron chi connectivity index (χ2n) is 22.6. The normalized spacial score (nSPS) is 11.4. The molecule has 0 bridgehead atoms. The zero-order chi connectivity index (χ0) is 61.9. The molecule has 0 saturated carbocycles. The number of fused-ring (bicyclic) bond motifs is 2. The van der Waals surface area contributed by atoms with Gasteiger partial charge in [0, 0.05) is 118 Å². The van der Waals surface area contributed by atoms with Crippen LogP contribution in [0.25, 0.3) is 74.7 Å². The quantitative estimate of drug-likeness (QED) is 0.0475. The predicted molar refractivity (Wildman–Crippen MR) is 365 cm³/mol. The van der Waals surface area contributed by atoms with Crippen LogP contribution in [0.4, 0.5) is 0 Å². The Bertz CT molecular complexity index is 3600. The molecule has 6 nitrogen and oxygen atoms in total. The van der Waals surface area contributed by atoms with Gasteiger partial charge in [0.25, 0.3) is 0 Å². The molecular formula is C77H90Ir2N2O4S2-2. The number of aryl methyl sites for hydroxylation is 7. The van der Waals surface area contributed by atoms with Crippen LogP contribution in [0.15, 0.2) is 151 Å². The number of allylic oxidation sites excluding steroid dienone is 4. The monoisotopic (exact) mass is 1560 g/mol. The molecule has 9 aromatic rings. The van der Waals surface area contributed by atoms with Crippen molar-refractivity contribution in [1.82, 2.24) is 9.97 Å². The van der Waals surface area contributed by atoms with Gasteiger partial charge in [0.2, 0.25) is 0 Å². The molecule has 5 aromatic carbocycles. The molecule has 87 heavy (non-hydrogen) atoms. The molecule has 10 heteroatoms. The summed E-state index contributed by atoms with van der Waals surface area (Å²) >= 11 is 3.66. The Hall–Kier alpha value is -5.96. The van der Waals surface area contributed by atoms with E-state index >= 15 is 0 Å². The van der Waals surface area contributed by atoms with Crippen molar-refractivity contribution in [3.8, 4) is 54.5 Å². The van der Waals surface area contributed by atoms with E-state index in [-0.39, 0.29) is 87.0 Å². The maximum atomic E-state index is 11.7. The van der Waals surface area contributed by atoms with Gasteiger partial charge >= 0.3 is 0 Å². The Morgan fingerprint density at radius 3 is 1.37 bits per heavy atom. The first-order valence-corrected chi connectivity index (χ1v) is 32.3. The summed E-state index contributed by atoms with van der Waals surface area (Å²) in [5.74, 6) is 1.09. The molecule has 0 spiro atoms. The van der Waals surface area contributed by atoms with Crippen molar-refractivity contribution in [1.29, 1.82) is 0 Å². The van der Waals surface area contributed by atoms with Gasteiger partial charge in [-0.3, -0.25) is 9.59 Å². The largest absolute Gasteiger partial charge is 0.512 e. The van der Waals surface area contributed by atoms with Crippen molar-refractivity contribution < 1.29 is 60.0 Å². The van der Waals surface area contributed by atoms with Crippen molar-refractivity contribution in [3.05, 3.63) is 202 Å². The summed E-state index contributed by atoms with van der Waals surface area (Å²) < 4.78 is 2.54. The van der Waals surface area contributed by atoms with Crippen LogP contribution in [-0.2, 0) is 49.8 Å². The first-order valence-electron chi connectivity index (χ1n) is 30.7. The Balaban J connectivity index is 0.000000260. The molecule has 2 radical (unpaired) electrons. The summed E-state index contributed by atoms with van der Waals surface area (Å²) in [5, 5.41) is 21.9. The van der Waals surface area contributed by atoms with Crippen molar-refractivity contribution in [3.63, 3.8) is 0 Å². The van der Waals surface area contributed by atoms with Gasteiger partial charge in [-0.15, -0.1) is 92.5 Å². The zero-order valence-electron chi connectivity index (χ0n) is 53.8. The van der Waals surface area contributed by atoms with E-state index in [1.54, 1.807) is 0 Å². The standard InChI is InChI=1S/C29H24NS.C22H18NS.2C13H24O2.2Ir/c1-18-12-19(2)14-24(13-18)26-16-28-25(17-30-26)15-27(31-28)22-8-10-23(11-9-22)29-20(3)6-5-7-21(29)4;1-14-9-15(2)11-18(10-14)20-12-21-19(13-23-20)16(3)22(24-21)17-7-5-4-6-8-17;2*1-5-10(6-2)12(14)9-13(15)11(7-3)8-4;;/h5-13,15-17H,1-4H3;4-10,12-13H,1-3H3;2*9-11,14H,5-8H2,1-4H3;;/q2*-1;;;;. The molecule has 0 aliphatic rings. The summed E-state index contributed by atoms with van der Waals surface area (Å²) in [7, 11) is 0. The molecule has 4 heterocycles. The number of rotatable bonds is 19. The molecule has 0 unspecified atom stereocenters. The van der Waals surface area contributed by atoms with Gasteiger partial charge in [-0.1, -0.05) is 168 Å². The number of aliphatic hydroxyl groups is 2. The van der Waals surface area contributed by atoms with Crippen LogP contribution >= 0.6 is 22.7 Å². The van der Waals surface area contributed by atoms with E-state index in [1.807, 2.05) is 90.5 Å². The van der Waals surface area contributed by atoms with Gasteiger partial charge in [0.15, 0.2) is 11.6 Å². The minimum Gasteiger partial charge on any atom is -0.512 e. The first-order chi connectivity index (χ1) is 40.8. The maximum absolute atomic E-state index is 11.7. The number of carbonyl (C=O) groups is 2. The summed E-state index contributed by atoms with van der Waals surface area (Å²) in [6.45, 7) is 31.1. The van der Waals surface area contributed by atoms with Gasteiger partial charge in [-0.05, 0) is 129 Å². The molecule has 0 aliphatic heterocycles. The number of aliphatic hydroxyl groups excluding tert-OH is 2. The van der Waals surface area contributed by atoms with Gasteiger partial charge < -0.3 is 20.2 Å². The van der Waals surface area contributed by atoms with E-state index in [4.69, 9.17) is 9.97 Å². The molecule has 0 aliphatic carbocycles. The third kappa shape index (κ3) is 20.0. The summed E-state index contributed by atoms with van der Waals surface area (Å²) in [4.78, 5) is 35.4. The van der Waals surface area contributed by atoms with Crippen LogP contribution in [0.1, 0.15) is 146 Å². The number of hydrogen-bond acceptors (Lipinski definition) is 8. The number of aromatic nitrogens is 2. The van der Waals surface area contributed by atoms with E-state index in [1.165, 1.54) is 92.1 Å². The van der Waals surface area contributed by atoms with Crippen LogP contribution in [0.5, 0.6) is 0 Å². The third-order valence-corrected chi connectivity index (χ3v) is 18.7. The molecule has 2 N–H and O–H groups in total. The topological polar surface area (TPSA) is 100 Å². The molecule has 0 atom stereocenters. The van der Waals surface area contributed by atoms with Gasteiger partial charge in [0.1, 0.15) is 0 Å². The van der Waals surface area contributed by atoms with Crippen molar-refractivity contribution in [2.24, 2.45) is 23.7 Å². The second kappa shape index (κ2) is 35.9. The molecular weight excluding hydrogens is 1470 g/mol. The van der Waals surface area contributed by atoms with E-state index in [0.717, 1.165) is 85.0 Å². The molecule has 0 fully saturated rings. The third-order valence-electron chi connectivity index (χ3n) is 16.2.